The van der Waals surface area contributed by atoms with E-state index in [1.165, 1.54) is 0 Å². The van der Waals surface area contributed by atoms with Crippen LogP contribution in [0.25, 0.3) is 11.3 Å². The summed E-state index contributed by atoms with van der Waals surface area (Å²) in [6.45, 7) is 1.63. The van der Waals surface area contributed by atoms with Crippen molar-refractivity contribution < 1.29 is 9.53 Å². The summed E-state index contributed by atoms with van der Waals surface area (Å²) in [5.41, 5.74) is 2.47. The third-order valence-corrected chi connectivity index (χ3v) is 4.56. The van der Waals surface area contributed by atoms with Gasteiger partial charge in [-0.1, -0.05) is 30.3 Å². The van der Waals surface area contributed by atoms with E-state index in [1.807, 2.05) is 50.5 Å². The van der Waals surface area contributed by atoms with E-state index in [9.17, 15) is 4.79 Å². The van der Waals surface area contributed by atoms with Crippen LogP contribution in [0.1, 0.15) is 36.2 Å². The van der Waals surface area contributed by atoms with E-state index in [2.05, 4.69) is 5.10 Å². The monoisotopic (exact) mass is 327 g/mol. The summed E-state index contributed by atoms with van der Waals surface area (Å²) in [6.07, 6.45) is 4.69. The van der Waals surface area contributed by atoms with Crippen molar-refractivity contribution in [2.45, 2.75) is 31.8 Å². The molecular weight excluding hydrogens is 302 g/mol. The van der Waals surface area contributed by atoms with Crippen LogP contribution in [0.3, 0.4) is 0 Å². The van der Waals surface area contributed by atoms with E-state index in [4.69, 9.17) is 4.74 Å². The second-order valence-corrected chi connectivity index (χ2v) is 6.41. The van der Waals surface area contributed by atoms with Crippen LogP contribution in [0.4, 0.5) is 0 Å². The Labute approximate surface area is 143 Å². The summed E-state index contributed by atoms with van der Waals surface area (Å²) in [6, 6.07) is 11.8. The topological polar surface area (TPSA) is 47.4 Å². The Morgan fingerprint density at radius 1 is 1.38 bits per heavy atom. The van der Waals surface area contributed by atoms with Crippen LogP contribution in [-0.2, 0) is 11.8 Å². The molecule has 1 unspecified atom stereocenters. The van der Waals surface area contributed by atoms with Gasteiger partial charge < -0.3 is 9.64 Å². The molecule has 1 aromatic carbocycles. The highest BCUT2D eigenvalue weighted by Gasteiger charge is 2.19. The predicted molar refractivity (Wildman–Crippen MR) is 93.8 cm³/mol. The van der Waals surface area contributed by atoms with Crippen LogP contribution in [0.5, 0.6) is 0 Å². The number of carbonyl (C=O) groups is 1. The minimum Gasteiger partial charge on any atom is -0.378 e. The third kappa shape index (κ3) is 3.85. The van der Waals surface area contributed by atoms with Gasteiger partial charge in [-0.15, -0.1) is 0 Å². The molecule has 0 spiro atoms. The van der Waals surface area contributed by atoms with Crippen LogP contribution in [0.15, 0.2) is 36.4 Å². The molecule has 1 fully saturated rings. The molecule has 0 radical (unpaired) electrons. The van der Waals surface area contributed by atoms with Gasteiger partial charge in [0.1, 0.15) is 5.69 Å². The van der Waals surface area contributed by atoms with Crippen LogP contribution in [0.2, 0.25) is 0 Å². The van der Waals surface area contributed by atoms with Crippen molar-refractivity contribution in [3.8, 4) is 11.3 Å². The second kappa shape index (κ2) is 7.62. The minimum absolute atomic E-state index is 0.0134. The van der Waals surface area contributed by atoms with Crippen molar-refractivity contribution >= 4 is 5.91 Å². The molecule has 5 nitrogen and oxygen atoms in total. The lowest BCUT2D eigenvalue weighted by Gasteiger charge is -2.18. The zero-order chi connectivity index (χ0) is 16.9. The van der Waals surface area contributed by atoms with Crippen molar-refractivity contribution in [2.75, 3.05) is 20.2 Å². The molecule has 24 heavy (non-hydrogen) atoms. The number of hydrogen-bond donors (Lipinski definition) is 0. The van der Waals surface area contributed by atoms with Crippen molar-refractivity contribution in [3.05, 3.63) is 42.1 Å². The van der Waals surface area contributed by atoms with E-state index < -0.39 is 0 Å². The summed E-state index contributed by atoms with van der Waals surface area (Å²) in [4.78, 5) is 14.4. The van der Waals surface area contributed by atoms with Gasteiger partial charge >= 0.3 is 0 Å². The molecule has 1 saturated heterocycles. The highest BCUT2D eigenvalue weighted by molar-refractivity contribution is 5.93. The maximum Gasteiger partial charge on any atom is 0.271 e. The van der Waals surface area contributed by atoms with Crippen LogP contribution in [0, 0.1) is 0 Å². The zero-order valence-electron chi connectivity index (χ0n) is 14.4. The normalized spacial score (nSPS) is 17.2. The largest absolute Gasteiger partial charge is 0.378 e. The Hall–Kier alpha value is -2.14. The lowest BCUT2D eigenvalue weighted by Crippen LogP contribution is -2.29. The van der Waals surface area contributed by atoms with E-state index in [0.717, 1.165) is 50.1 Å². The highest BCUT2D eigenvalue weighted by atomic mass is 16.5. The molecule has 0 saturated carbocycles. The summed E-state index contributed by atoms with van der Waals surface area (Å²) in [5.74, 6) is 0.0134. The number of benzene rings is 1. The molecule has 0 N–H and O–H groups in total. The zero-order valence-corrected chi connectivity index (χ0v) is 14.4. The number of rotatable bonds is 6. The molecule has 0 aliphatic carbocycles. The molecular formula is C19H25N3O2. The fourth-order valence-electron chi connectivity index (χ4n) is 3.14. The Kier molecular flexibility index (Phi) is 5.30. The maximum absolute atomic E-state index is 12.7. The third-order valence-electron chi connectivity index (χ3n) is 4.56. The van der Waals surface area contributed by atoms with Crippen molar-refractivity contribution in [1.29, 1.82) is 0 Å². The first-order chi connectivity index (χ1) is 11.6. The van der Waals surface area contributed by atoms with Gasteiger partial charge in [-0.3, -0.25) is 9.48 Å². The van der Waals surface area contributed by atoms with E-state index in [1.54, 1.807) is 9.58 Å². The molecule has 1 aliphatic rings. The van der Waals surface area contributed by atoms with Crippen LogP contribution < -0.4 is 0 Å². The quantitative estimate of drug-likeness (QED) is 0.819. The molecule has 2 aromatic rings. The Morgan fingerprint density at radius 3 is 2.88 bits per heavy atom. The Morgan fingerprint density at radius 2 is 2.17 bits per heavy atom. The number of ether oxygens (including phenoxy) is 1. The number of hydrogen-bond acceptors (Lipinski definition) is 3. The predicted octanol–water partition coefficient (Wildman–Crippen LogP) is 3.12. The summed E-state index contributed by atoms with van der Waals surface area (Å²) in [5, 5.41) is 4.48. The summed E-state index contributed by atoms with van der Waals surface area (Å²) in [7, 11) is 3.67. The SMILES string of the molecule is CN(CCCC1CCCO1)C(=O)c1cc(-c2ccccc2)nn1C. The Bertz CT molecular complexity index is 675. The first kappa shape index (κ1) is 16.7. The number of nitrogens with zero attached hydrogens (tertiary/aromatic N) is 3. The van der Waals surface area contributed by atoms with Crippen molar-refractivity contribution in [2.24, 2.45) is 7.05 Å². The molecule has 0 bridgehead atoms. The van der Waals surface area contributed by atoms with Crippen molar-refractivity contribution in [1.82, 2.24) is 14.7 Å². The van der Waals surface area contributed by atoms with Gasteiger partial charge in [-0.25, -0.2) is 0 Å². The van der Waals surface area contributed by atoms with Gasteiger partial charge in [0.25, 0.3) is 5.91 Å². The minimum atomic E-state index is 0.0134. The molecule has 5 heteroatoms. The smallest absolute Gasteiger partial charge is 0.271 e. The van der Waals surface area contributed by atoms with Gasteiger partial charge in [0, 0.05) is 32.8 Å². The second-order valence-electron chi connectivity index (χ2n) is 6.41. The number of carbonyl (C=O) groups excluding carboxylic acids is 1. The lowest BCUT2D eigenvalue weighted by atomic mass is 10.1. The first-order valence-corrected chi connectivity index (χ1v) is 8.61. The fourth-order valence-corrected chi connectivity index (χ4v) is 3.14. The molecule has 1 aromatic heterocycles. The molecule has 2 heterocycles. The molecule has 1 atom stereocenters. The average Bonchev–Trinajstić information content (AvgIpc) is 3.24. The highest BCUT2D eigenvalue weighted by Crippen LogP contribution is 2.20. The lowest BCUT2D eigenvalue weighted by molar-refractivity contribution is 0.0753. The van der Waals surface area contributed by atoms with E-state index >= 15 is 0 Å². The molecule has 1 aliphatic heterocycles. The first-order valence-electron chi connectivity index (χ1n) is 8.61. The van der Waals surface area contributed by atoms with Gasteiger partial charge in [-0.05, 0) is 31.7 Å². The number of amides is 1. The summed E-state index contributed by atoms with van der Waals surface area (Å²) < 4.78 is 7.30. The van der Waals surface area contributed by atoms with E-state index in [-0.39, 0.29) is 5.91 Å². The summed E-state index contributed by atoms with van der Waals surface area (Å²) >= 11 is 0. The van der Waals surface area contributed by atoms with Crippen LogP contribution >= 0.6 is 0 Å². The fraction of sp³-hybridized carbons (Fsp3) is 0.474. The average molecular weight is 327 g/mol. The molecule has 3 rings (SSSR count). The van der Waals surface area contributed by atoms with Gasteiger partial charge in [0.15, 0.2) is 0 Å². The Balaban J connectivity index is 1.60. The van der Waals surface area contributed by atoms with Gasteiger partial charge in [-0.2, -0.15) is 5.10 Å². The van der Waals surface area contributed by atoms with Gasteiger partial charge in [0.2, 0.25) is 0 Å². The van der Waals surface area contributed by atoms with Crippen molar-refractivity contribution in [3.63, 3.8) is 0 Å². The van der Waals surface area contributed by atoms with Gasteiger partial charge in [0.05, 0.1) is 11.8 Å². The van der Waals surface area contributed by atoms with E-state index in [0.29, 0.717) is 11.8 Å². The van der Waals surface area contributed by atoms with Crippen LogP contribution in [-0.4, -0.2) is 46.9 Å². The number of aromatic nitrogens is 2. The maximum atomic E-state index is 12.7. The molecule has 128 valence electrons. The molecule has 1 amide bonds. The standard InChI is InChI=1S/C19H25N3O2/c1-21(12-6-10-16-11-7-13-24-16)19(23)18-14-17(20-22(18)2)15-8-4-3-5-9-15/h3-5,8-9,14,16H,6-7,10-13H2,1-2H3. The number of aryl methyl sites for hydroxylation is 1.